The molecule has 1 aliphatic carbocycles. The Balaban J connectivity index is 1.48. The second kappa shape index (κ2) is 10.6. The predicted molar refractivity (Wildman–Crippen MR) is 125 cm³/mol. The highest BCUT2D eigenvalue weighted by Crippen LogP contribution is 2.34. The number of thiazole rings is 1. The van der Waals surface area contributed by atoms with Crippen LogP contribution in [-0.4, -0.2) is 53.9 Å². The highest BCUT2D eigenvalue weighted by molar-refractivity contribution is 7.13. The van der Waals surface area contributed by atoms with Gasteiger partial charge in [-0.25, -0.2) is 4.98 Å². The molecular formula is C24H31N3O5S. The fraction of sp³-hybridized carbons (Fsp3) is 0.542. The standard InChI is InChI=1S/C24H31N3O5S/c1-14-22(33-13-27-14)16-3-4-17(11-26-23(29)20-10-18(28)12-25-20)21(9-16)32-19-7-5-15(6-8-19)24(30)31-2/h3-4,9,13,15,18-20,25,28H,5-8,10-12H2,1-2H3,(H,26,29)/t15?,18-,19?,20+/m1/s1. The summed E-state index contributed by atoms with van der Waals surface area (Å²) in [6, 6.07) is 5.66. The van der Waals surface area contributed by atoms with Crippen LogP contribution in [0.2, 0.25) is 0 Å². The number of nitrogens with zero attached hydrogens (tertiary/aromatic N) is 1. The van der Waals surface area contributed by atoms with E-state index >= 15 is 0 Å². The van der Waals surface area contributed by atoms with Crippen molar-refractivity contribution in [3.05, 3.63) is 35.0 Å². The van der Waals surface area contributed by atoms with Crippen molar-refractivity contribution in [2.75, 3.05) is 13.7 Å². The molecular weight excluding hydrogens is 442 g/mol. The lowest BCUT2D eigenvalue weighted by Crippen LogP contribution is -2.40. The number of rotatable bonds is 7. The molecule has 33 heavy (non-hydrogen) atoms. The number of aliphatic hydroxyl groups is 1. The SMILES string of the molecule is COC(=O)C1CCC(Oc2cc(-c3scnc3C)ccc2CNC(=O)[C@@H]2C[C@@H](O)CN2)CC1. The number of aromatic nitrogens is 1. The Morgan fingerprint density at radius 2 is 2.06 bits per heavy atom. The summed E-state index contributed by atoms with van der Waals surface area (Å²) in [4.78, 5) is 29.8. The van der Waals surface area contributed by atoms with E-state index in [4.69, 9.17) is 9.47 Å². The number of esters is 1. The van der Waals surface area contributed by atoms with Gasteiger partial charge in [0.05, 0.1) is 47.4 Å². The second-order valence-electron chi connectivity index (χ2n) is 8.77. The second-order valence-corrected chi connectivity index (χ2v) is 9.63. The Morgan fingerprint density at radius 1 is 1.27 bits per heavy atom. The van der Waals surface area contributed by atoms with E-state index in [0.717, 1.165) is 53.1 Å². The number of aliphatic hydroxyl groups excluding tert-OH is 1. The Morgan fingerprint density at radius 3 is 2.70 bits per heavy atom. The molecule has 4 rings (SSSR count). The normalized spacial score (nSPS) is 24.9. The maximum atomic E-state index is 12.5. The van der Waals surface area contributed by atoms with Gasteiger partial charge in [-0.1, -0.05) is 12.1 Å². The highest BCUT2D eigenvalue weighted by Gasteiger charge is 2.29. The summed E-state index contributed by atoms with van der Waals surface area (Å²) in [6.45, 7) is 2.75. The monoisotopic (exact) mass is 473 g/mol. The largest absolute Gasteiger partial charge is 0.490 e. The molecule has 2 aliphatic rings. The molecule has 1 aromatic carbocycles. The van der Waals surface area contributed by atoms with Crippen molar-refractivity contribution in [1.82, 2.24) is 15.6 Å². The van der Waals surface area contributed by atoms with Crippen LogP contribution in [0.1, 0.15) is 43.4 Å². The van der Waals surface area contributed by atoms with Crippen LogP contribution >= 0.6 is 11.3 Å². The molecule has 1 saturated heterocycles. The molecule has 0 spiro atoms. The number of amides is 1. The number of benzene rings is 1. The molecule has 8 nitrogen and oxygen atoms in total. The van der Waals surface area contributed by atoms with Crippen LogP contribution in [0.5, 0.6) is 5.75 Å². The van der Waals surface area contributed by atoms with E-state index in [1.807, 2.05) is 30.6 Å². The van der Waals surface area contributed by atoms with Crippen molar-refractivity contribution in [2.45, 2.75) is 63.8 Å². The molecule has 2 aromatic rings. The fourth-order valence-corrected chi connectivity index (χ4v) is 5.32. The quantitative estimate of drug-likeness (QED) is 0.530. The third-order valence-electron chi connectivity index (χ3n) is 6.45. The third-order valence-corrected chi connectivity index (χ3v) is 7.43. The molecule has 1 aliphatic heterocycles. The summed E-state index contributed by atoms with van der Waals surface area (Å²) in [6.07, 6.45) is 2.98. The molecule has 0 bridgehead atoms. The molecule has 1 amide bonds. The van der Waals surface area contributed by atoms with Crippen molar-refractivity contribution in [1.29, 1.82) is 0 Å². The number of hydrogen-bond acceptors (Lipinski definition) is 8. The van der Waals surface area contributed by atoms with Crippen LogP contribution in [-0.2, 0) is 20.9 Å². The summed E-state index contributed by atoms with van der Waals surface area (Å²) >= 11 is 1.58. The van der Waals surface area contributed by atoms with Gasteiger partial charge in [0.2, 0.25) is 5.91 Å². The number of carbonyl (C=O) groups excluding carboxylic acids is 2. The van der Waals surface area contributed by atoms with Crippen molar-refractivity contribution in [3.63, 3.8) is 0 Å². The van der Waals surface area contributed by atoms with Crippen LogP contribution in [0.3, 0.4) is 0 Å². The van der Waals surface area contributed by atoms with Gasteiger partial charge < -0.3 is 25.2 Å². The average molecular weight is 474 g/mol. The van der Waals surface area contributed by atoms with Crippen molar-refractivity contribution < 1.29 is 24.2 Å². The maximum Gasteiger partial charge on any atom is 0.308 e. The average Bonchev–Trinajstić information content (AvgIpc) is 3.46. The molecule has 2 fully saturated rings. The van der Waals surface area contributed by atoms with E-state index in [2.05, 4.69) is 15.6 Å². The van der Waals surface area contributed by atoms with Gasteiger partial charge in [-0.05, 0) is 50.7 Å². The first-order valence-electron chi connectivity index (χ1n) is 11.4. The Kier molecular flexibility index (Phi) is 7.62. The van der Waals surface area contributed by atoms with Crippen LogP contribution in [0.15, 0.2) is 23.7 Å². The van der Waals surface area contributed by atoms with Gasteiger partial charge in [-0.3, -0.25) is 9.59 Å². The van der Waals surface area contributed by atoms with Crippen molar-refractivity contribution >= 4 is 23.2 Å². The number of ether oxygens (including phenoxy) is 2. The van der Waals surface area contributed by atoms with E-state index in [-0.39, 0.29) is 29.9 Å². The van der Waals surface area contributed by atoms with Gasteiger partial charge in [0, 0.05) is 18.7 Å². The van der Waals surface area contributed by atoms with Gasteiger partial charge in [-0.2, -0.15) is 0 Å². The maximum absolute atomic E-state index is 12.5. The smallest absolute Gasteiger partial charge is 0.308 e. The predicted octanol–water partition coefficient (Wildman–Crippen LogP) is 2.57. The number of methoxy groups -OCH3 is 1. The minimum atomic E-state index is -0.485. The van der Waals surface area contributed by atoms with E-state index in [9.17, 15) is 14.7 Å². The summed E-state index contributed by atoms with van der Waals surface area (Å²) in [7, 11) is 1.43. The zero-order valence-electron chi connectivity index (χ0n) is 19.0. The Bertz CT molecular complexity index is 986. The zero-order valence-corrected chi connectivity index (χ0v) is 19.8. The first-order chi connectivity index (χ1) is 15.9. The molecule has 0 radical (unpaired) electrons. The van der Waals surface area contributed by atoms with Gasteiger partial charge in [-0.15, -0.1) is 11.3 Å². The minimum Gasteiger partial charge on any atom is -0.490 e. The lowest BCUT2D eigenvalue weighted by Gasteiger charge is -2.28. The van der Waals surface area contributed by atoms with Crippen LogP contribution in [0, 0.1) is 12.8 Å². The molecule has 2 heterocycles. The van der Waals surface area contributed by atoms with Crippen LogP contribution in [0.25, 0.3) is 10.4 Å². The summed E-state index contributed by atoms with van der Waals surface area (Å²) in [5.41, 5.74) is 4.72. The van der Waals surface area contributed by atoms with Crippen LogP contribution in [0.4, 0.5) is 0 Å². The number of β-amino-alcohol motifs (C(OH)–C–C–N with tert-alkyl or cyclic N) is 1. The van der Waals surface area contributed by atoms with E-state index in [1.54, 1.807) is 11.3 Å². The minimum absolute atomic E-state index is 0.00445. The number of aryl methyl sites for hydroxylation is 1. The van der Waals surface area contributed by atoms with Crippen molar-refractivity contribution in [3.8, 4) is 16.2 Å². The number of nitrogens with one attached hydrogen (secondary N) is 2. The Hall–Kier alpha value is -2.49. The molecule has 2 atom stereocenters. The highest BCUT2D eigenvalue weighted by atomic mass is 32.1. The van der Waals surface area contributed by atoms with Gasteiger partial charge in [0.1, 0.15) is 5.75 Å². The zero-order chi connectivity index (χ0) is 23.4. The summed E-state index contributed by atoms with van der Waals surface area (Å²) in [5.74, 6) is 0.402. The van der Waals surface area contributed by atoms with Gasteiger partial charge >= 0.3 is 5.97 Å². The fourth-order valence-electron chi connectivity index (χ4n) is 4.52. The molecule has 3 N–H and O–H groups in total. The Labute approximate surface area is 197 Å². The molecule has 178 valence electrons. The summed E-state index contributed by atoms with van der Waals surface area (Å²) < 4.78 is 11.3. The lowest BCUT2D eigenvalue weighted by molar-refractivity contribution is -0.147. The molecule has 0 unspecified atom stereocenters. The molecule has 1 aromatic heterocycles. The van der Waals surface area contributed by atoms with E-state index < -0.39 is 6.10 Å². The van der Waals surface area contributed by atoms with E-state index in [1.165, 1.54) is 7.11 Å². The van der Waals surface area contributed by atoms with Gasteiger partial charge in [0.25, 0.3) is 0 Å². The molecule has 9 heteroatoms. The third kappa shape index (κ3) is 5.72. The molecule has 1 saturated carbocycles. The van der Waals surface area contributed by atoms with E-state index in [0.29, 0.717) is 19.5 Å². The summed E-state index contributed by atoms with van der Waals surface area (Å²) in [5, 5.41) is 15.7. The van der Waals surface area contributed by atoms with Crippen molar-refractivity contribution in [2.24, 2.45) is 5.92 Å². The van der Waals surface area contributed by atoms with Gasteiger partial charge in [0.15, 0.2) is 0 Å². The first kappa shape index (κ1) is 23.7. The lowest BCUT2D eigenvalue weighted by atomic mass is 9.87. The number of carbonyl (C=O) groups is 2. The topological polar surface area (TPSA) is 110 Å². The first-order valence-corrected chi connectivity index (χ1v) is 12.3. The number of hydrogen-bond donors (Lipinski definition) is 3. The van der Waals surface area contributed by atoms with Crippen LogP contribution < -0.4 is 15.4 Å².